The van der Waals surface area contributed by atoms with E-state index >= 15 is 0 Å². The molecule has 2 nitrogen and oxygen atoms in total. The van der Waals surface area contributed by atoms with Gasteiger partial charge in [-0.3, -0.25) is 4.79 Å². The summed E-state index contributed by atoms with van der Waals surface area (Å²) in [7, 11) is 0. The van der Waals surface area contributed by atoms with Gasteiger partial charge in [0.05, 0.1) is 0 Å². The van der Waals surface area contributed by atoms with Crippen molar-refractivity contribution >= 4 is 17.5 Å². The average Bonchev–Trinajstić information content (AvgIpc) is 2.97. The second-order valence-electron chi connectivity index (χ2n) is 4.20. The monoisotopic (exact) mass is 223 g/mol. The molecule has 0 bridgehead atoms. The summed E-state index contributed by atoms with van der Waals surface area (Å²) in [6, 6.07) is 7.92. The Kier molecular flexibility index (Phi) is 2.70. The fourth-order valence-electron chi connectivity index (χ4n) is 1.82. The van der Waals surface area contributed by atoms with Crippen molar-refractivity contribution in [2.75, 3.05) is 6.54 Å². The van der Waals surface area contributed by atoms with E-state index in [0.717, 1.165) is 24.4 Å². The molecule has 1 aromatic rings. The zero-order valence-corrected chi connectivity index (χ0v) is 9.47. The van der Waals surface area contributed by atoms with E-state index in [4.69, 9.17) is 11.6 Å². The van der Waals surface area contributed by atoms with Gasteiger partial charge in [0.15, 0.2) is 0 Å². The minimum atomic E-state index is 0.0373. The molecule has 15 heavy (non-hydrogen) atoms. The summed E-state index contributed by atoms with van der Waals surface area (Å²) in [5.41, 5.74) is 1.46. The normalized spacial score (nSPS) is 17.2. The van der Waals surface area contributed by atoms with Crippen LogP contribution in [-0.4, -0.2) is 12.5 Å². The molecule has 0 unspecified atom stereocenters. The van der Waals surface area contributed by atoms with Crippen LogP contribution in [0.5, 0.6) is 0 Å². The van der Waals surface area contributed by atoms with Crippen molar-refractivity contribution in [3.05, 3.63) is 34.9 Å². The molecule has 1 amide bonds. The van der Waals surface area contributed by atoms with Gasteiger partial charge in [-0.1, -0.05) is 23.7 Å². The molecule has 2 rings (SSSR count). The number of rotatable bonds is 3. The molecule has 1 aromatic carbocycles. The van der Waals surface area contributed by atoms with Crippen molar-refractivity contribution in [2.45, 2.75) is 25.2 Å². The van der Waals surface area contributed by atoms with Crippen LogP contribution in [0.4, 0.5) is 0 Å². The van der Waals surface area contributed by atoms with E-state index in [-0.39, 0.29) is 11.3 Å². The van der Waals surface area contributed by atoms with Crippen molar-refractivity contribution in [3.8, 4) is 0 Å². The first kappa shape index (κ1) is 10.5. The molecule has 0 spiro atoms. The van der Waals surface area contributed by atoms with Crippen LogP contribution in [0.15, 0.2) is 24.3 Å². The maximum Gasteiger partial charge on any atom is 0.216 e. The topological polar surface area (TPSA) is 29.1 Å². The number of hydrogen-bond acceptors (Lipinski definition) is 1. The van der Waals surface area contributed by atoms with Crippen LogP contribution < -0.4 is 5.32 Å². The van der Waals surface area contributed by atoms with Gasteiger partial charge >= 0.3 is 0 Å². The minimum absolute atomic E-state index is 0.0373. The summed E-state index contributed by atoms with van der Waals surface area (Å²) in [6.45, 7) is 2.29. The van der Waals surface area contributed by atoms with Gasteiger partial charge in [0, 0.05) is 23.9 Å². The van der Waals surface area contributed by atoms with Crippen molar-refractivity contribution in [2.24, 2.45) is 0 Å². The summed E-state index contributed by atoms with van der Waals surface area (Å²) >= 11 is 5.84. The molecular weight excluding hydrogens is 210 g/mol. The zero-order chi connectivity index (χ0) is 10.9. The van der Waals surface area contributed by atoms with Gasteiger partial charge in [0.2, 0.25) is 5.91 Å². The molecule has 0 aromatic heterocycles. The van der Waals surface area contributed by atoms with Crippen LogP contribution in [0, 0.1) is 0 Å². The van der Waals surface area contributed by atoms with E-state index in [1.165, 1.54) is 5.56 Å². The number of carbonyl (C=O) groups excluding carboxylic acids is 1. The molecule has 80 valence electrons. The largest absolute Gasteiger partial charge is 0.355 e. The van der Waals surface area contributed by atoms with Gasteiger partial charge in [-0.05, 0) is 30.5 Å². The smallest absolute Gasteiger partial charge is 0.216 e. The Balaban J connectivity index is 2.09. The second-order valence-corrected chi connectivity index (χ2v) is 4.63. The highest BCUT2D eigenvalue weighted by Crippen LogP contribution is 2.47. The zero-order valence-electron chi connectivity index (χ0n) is 8.72. The molecule has 1 saturated carbocycles. The Morgan fingerprint density at radius 2 is 2.00 bits per heavy atom. The number of carbonyl (C=O) groups is 1. The average molecular weight is 224 g/mol. The van der Waals surface area contributed by atoms with Crippen LogP contribution in [0.1, 0.15) is 25.3 Å². The van der Waals surface area contributed by atoms with Crippen LogP contribution in [0.2, 0.25) is 5.02 Å². The number of halogens is 1. The highest BCUT2D eigenvalue weighted by molar-refractivity contribution is 6.30. The van der Waals surface area contributed by atoms with E-state index in [1.807, 2.05) is 12.1 Å². The maximum absolute atomic E-state index is 10.9. The van der Waals surface area contributed by atoms with Gasteiger partial charge < -0.3 is 5.32 Å². The maximum atomic E-state index is 10.9. The minimum Gasteiger partial charge on any atom is -0.355 e. The fraction of sp³-hybridized carbons (Fsp3) is 0.417. The van der Waals surface area contributed by atoms with Gasteiger partial charge in [-0.2, -0.15) is 0 Å². The third-order valence-electron chi connectivity index (χ3n) is 2.99. The SMILES string of the molecule is CC(=O)NCC1(c2ccc(Cl)cc2)CC1. The molecule has 1 aliphatic carbocycles. The standard InChI is InChI=1S/C12H14ClNO/c1-9(15)14-8-12(6-7-12)10-2-4-11(13)5-3-10/h2-5H,6-8H2,1H3,(H,14,15). The summed E-state index contributed by atoms with van der Waals surface area (Å²) in [5, 5.41) is 3.65. The Bertz CT molecular complexity index is 368. The van der Waals surface area contributed by atoms with Crippen LogP contribution in [0.25, 0.3) is 0 Å². The molecule has 1 fully saturated rings. The number of amides is 1. The highest BCUT2D eigenvalue weighted by atomic mass is 35.5. The lowest BCUT2D eigenvalue weighted by molar-refractivity contribution is -0.119. The first-order valence-electron chi connectivity index (χ1n) is 5.13. The Morgan fingerprint density at radius 3 is 2.47 bits per heavy atom. The summed E-state index contributed by atoms with van der Waals surface area (Å²) in [4.78, 5) is 10.9. The van der Waals surface area contributed by atoms with Crippen LogP contribution in [-0.2, 0) is 10.2 Å². The molecule has 0 atom stereocenters. The molecule has 0 saturated heterocycles. The van der Waals surface area contributed by atoms with Crippen LogP contribution in [0.3, 0.4) is 0 Å². The predicted octanol–water partition coefficient (Wildman–Crippen LogP) is 2.51. The van der Waals surface area contributed by atoms with Crippen molar-refractivity contribution in [3.63, 3.8) is 0 Å². The lowest BCUT2D eigenvalue weighted by Gasteiger charge is -2.15. The molecule has 0 aliphatic heterocycles. The number of nitrogens with one attached hydrogen (secondary N) is 1. The van der Waals surface area contributed by atoms with E-state index in [0.29, 0.717) is 0 Å². The fourth-order valence-corrected chi connectivity index (χ4v) is 1.94. The molecular formula is C12H14ClNO. The van der Waals surface area contributed by atoms with Crippen molar-refractivity contribution < 1.29 is 4.79 Å². The van der Waals surface area contributed by atoms with Crippen molar-refractivity contribution in [1.29, 1.82) is 0 Å². The van der Waals surface area contributed by atoms with E-state index in [1.54, 1.807) is 6.92 Å². The third-order valence-corrected chi connectivity index (χ3v) is 3.24. The molecule has 1 aliphatic rings. The first-order valence-corrected chi connectivity index (χ1v) is 5.51. The lowest BCUT2D eigenvalue weighted by Crippen LogP contribution is -2.30. The summed E-state index contributed by atoms with van der Waals surface area (Å²) in [6.07, 6.45) is 2.30. The quantitative estimate of drug-likeness (QED) is 0.838. The van der Waals surface area contributed by atoms with E-state index < -0.39 is 0 Å². The second kappa shape index (κ2) is 3.86. The number of benzene rings is 1. The van der Waals surface area contributed by atoms with Gasteiger partial charge in [-0.15, -0.1) is 0 Å². The highest BCUT2D eigenvalue weighted by Gasteiger charge is 2.43. The first-order chi connectivity index (χ1) is 7.12. The number of hydrogen-bond donors (Lipinski definition) is 1. The van der Waals surface area contributed by atoms with Gasteiger partial charge in [-0.25, -0.2) is 0 Å². The van der Waals surface area contributed by atoms with E-state index in [2.05, 4.69) is 17.4 Å². The molecule has 0 heterocycles. The summed E-state index contributed by atoms with van der Waals surface area (Å²) in [5.74, 6) is 0.0373. The van der Waals surface area contributed by atoms with Gasteiger partial charge in [0.1, 0.15) is 0 Å². The molecule has 3 heteroatoms. The van der Waals surface area contributed by atoms with Crippen LogP contribution >= 0.6 is 11.6 Å². The van der Waals surface area contributed by atoms with Gasteiger partial charge in [0.25, 0.3) is 0 Å². The van der Waals surface area contributed by atoms with E-state index in [9.17, 15) is 4.79 Å². The Morgan fingerprint density at radius 1 is 1.40 bits per heavy atom. The lowest BCUT2D eigenvalue weighted by atomic mass is 9.96. The Hall–Kier alpha value is -1.02. The molecule has 0 radical (unpaired) electrons. The predicted molar refractivity (Wildman–Crippen MR) is 61.0 cm³/mol. The Labute approximate surface area is 94.6 Å². The molecule has 1 N–H and O–H groups in total. The third kappa shape index (κ3) is 2.32. The van der Waals surface area contributed by atoms with Crippen molar-refractivity contribution in [1.82, 2.24) is 5.32 Å². The summed E-state index contributed by atoms with van der Waals surface area (Å²) < 4.78 is 0.